The van der Waals surface area contributed by atoms with Crippen molar-refractivity contribution in [3.05, 3.63) is 102 Å². The van der Waals surface area contributed by atoms with Crippen molar-refractivity contribution in [1.29, 1.82) is 0 Å². The molecule has 33 heavy (non-hydrogen) atoms. The Morgan fingerprint density at radius 1 is 0.939 bits per heavy atom. The van der Waals surface area contributed by atoms with E-state index in [-0.39, 0.29) is 18.7 Å². The molecule has 4 rings (SSSR count). The van der Waals surface area contributed by atoms with Crippen molar-refractivity contribution in [2.45, 2.75) is 19.8 Å². The van der Waals surface area contributed by atoms with E-state index < -0.39 is 17.5 Å². The zero-order chi connectivity index (χ0) is 23.4. The lowest BCUT2D eigenvalue weighted by Crippen LogP contribution is -2.12. The Hall–Kier alpha value is -4.07. The molecule has 1 N–H and O–H groups in total. The van der Waals surface area contributed by atoms with E-state index in [4.69, 9.17) is 4.74 Å². The quantitative estimate of drug-likeness (QED) is 0.377. The number of amides is 1. The van der Waals surface area contributed by atoms with Crippen LogP contribution < -0.4 is 10.1 Å². The van der Waals surface area contributed by atoms with Crippen LogP contribution in [-0.2, 0) is 11.2 Å². The number of nitrogens with one attached hydrogen (secondary N) is 1. The number of carbonyl (C=O) groups is 1. The minimum atomic E-state index is -0.445. The van der Waals surface area contributed by atoms with Crippen molar-refractivity contribution in [1.82, 2.24) is 9.78 Å². The van der Waals surface area contributed by atoms with Crippen molar-refractivity contribution in [2.24, 2.45) is 0 Å². The van der Waals surface area contributed by atoms with E-state index in [1.807, 2.05) is 0 Å². The molecular weight excluding hydrogens is 431 g/mol. The molecule has 168 valence electrons. The molecule has 0 saturated heterocycles. The summed E-state index contributed by atoms with van der Waals surface area (Å²) in [7, 11) is 0. The van der Waals surface area contributed by atoms with Gasteiger partial charge in [-0.1, -0.05) is 6.07 Å². The van der Waals surface area contributed by atoms with Gasteiger partial charge in [-0.25, -0.2) is 17.9 Å². The van der Waals surface area contributed by atoms with Crippen LogP contribution in [0.5, 0.6) is 11.6 Å². The predicted molar refractivity (Wildman–Crippen MR) is 118 cm³/mol. The van der Waals surface area contributed by atoms with Gasteiger partial charge in [0.1, 0.15) is 23.2 Å². The Bertz CT molecular complexity index is 1270. The first-order valence-corrected chi connectivity index (χ1v) is 10.2. The Labute approximate surface area is 188 Å². The summed E-state index contributed by atoms with van der Waals surface area (Å²) in [5.41, 5.74) is 2.21. The Morgan fingerprint density at radius 3 is 2.27 bits per heavy atom. The fourth-order valence-electron chi connectivity index (χ4n) is 3.33. The highest BCUT2D eigenvalue weighted by Gasteiger charge is 2.20. The normalized spacial score (nSPS) is 10.8. The summed E-state index contributed by atoms with van der Waals surface area (Å²) >= 11 is 0. The highest BCUT2D eigenvalue weighted by Crippen LogP contribution is 2.32. The van der Waals surface area contributed by atoms with Crippen LogP contribution >= 0.6 is 0 Å². The van der Waals surface area contributed by atoms with Crippen molar-refractivity contribution in [3.8, 4) is 17.3 Å². The molecule has 0 aliphatic carbocycles. The summed E-state index contributed by atoms with van der Waals surface area (Å²) in [6, 6.07) is 16.9. The minimum Gasteiger partial charge on any atom is -0.439 e. The molecule has 1 amide bonds. The van der Waals surface area contributed by atoms with E-state index in [2.05, 4.69) is 10.4 Å². The van der Waals surface area contributed by atoms with Crippen LogP contribution in [0.1, 0.15) is 17.7 Å². The van der Waals surface area contributed by atoms with Gasteiger partial charge in [0.05, 0.1) is 11.4 Å². The SMILES string of the molecule is Cc1nn(-c2ccc(F)cc2)c(Oc2ccc(F)cc2)c1CCC(=O)Nc1cccc(F)c1. The smallest absolute Gasteiger partial charge is 0.226 e. The van der Waals surface area contributed by atoms with E-state index in [1.165, 1.54) is 59.3 Å². The summed E-state index contributed by atoms with van der Waals surface area (Å²) in [4.78, 5) is 12.4. The van der Waals surface area contributed by atoms with Crippen LogP contribution in [0.25, 0.3) is 5.69 Å². The summed E-state index contributed by atoms with van der Waals surface area (Å²) in [6.45, 7) is 1.78. The topological polar surface area (TPSA) is 56.2 Å². The van der Waals surface area contributed by atoms with Gasteiger partial charge < -0.3 is 10.1 Å². The zero-order valence-electron chi connectivity index (χ0n) is 17.7. The van der Waals surface area contributed by atoms with E-state index in [9.17, 15) is 18.0 Å². The molecule has 0 aliphatic heterocycles. The van der Waals surface area contributed by atoms with Gasteiger partial charge in [0.25, 0.3) is 0 Å². The van der Waals surface area contributed by atoms with Gasteiger partial charge in [-0.2, -0.15) is 5.10 Å². The summed E-state index contributed by atoms with van der Waals surface area (Å²) in [5, 5.41) is 7.17. The third-order valence-electron chi connectivity index (χ3n) is 4.95. The minimum absolute atomic E-state index is 0.0895. The Morgan fingerprint density at radius 2 is 1.61 bits per heavy atom. The van der Waals surface area contributed by atoms with Gasteiger partial charge >= 0.3 is 0 Å². The zero-order valence-corrected chi connectivity index (χ0v) is 17.7. The third kappa shape index (κ3) is 5.41. The summed E-state index contributed by atoms with van der Waals surface area (Å²) in [6.07, 6.45) is 0.372. The number of nitrogens with zero attached hydrogens (tertiary/aromatic N) is 2. The molecule has 4 aromatic rings. The lowest BCUT2D eigenvalue weighted by molar-refractivity contribution is -0.116. The highest BCUT2D eigenvalue weighted by molar-refractivity contribution is 5.90. The molecule has 0 atom stereocenters. The number of halogens is 3. The molecule has 1 heterocycles. The predicted octanol–water partition coefficient (Wildman–Crippen LogP) is 5.96. The first-order chi connectivity index (χ1) is 15.9. The van der Waals surface area contributed by atoms with Crippen molar-refractivity contribution < 1.29 is 22.7 Å². The number of aryl methyl sites for hydroxylation is 1. The van der Waals surface area contributed by atoms with Crippen molar-refractivity contribution >= 4 is 11.6 Å². The second-order valence-electron chi connectivity index (χ2n) is 7.37. The molecule has 5 nitrogen and oxygen atoms in total. The maximum atomic E-state index is 13.4. The van der Waals surface area contributed by atoms with E-state index in [0.717, 1.165) is 0 Å². The van der Waals surface area contributed by atoms with Gasteiger partial charge in [0.2, 0.25) is 11.8 Å². The van der Waals surface area contributed by atoms with E-state index in [0.29, 0.717) is 34.3 Å². The summed E-state index contributed by atoms with van der Waals surface area (Å²) < 4.78 is 47.7. The van der Waals surface area contributed by atoms with Crippen LogP contribution in [-0.4, -0.2) is 15.7 Å². The van der Waals surface area contributed by atoms with Crippen LogP contribution in [0.3, 0.4) is 0 Å². The van der Waals surface area contributed by atoms with Crippen molar-refractivity contribution in [2.75, 3.05) is 5.32 Å². The number of benzene rings is 3. The standard InChI is InChI=1S/C25H20F3N3O2/c1-16-23(13-14-24(32)29-20-4-2-3-19(28)15-20)25(33-22-11-7-18(27)8-12-22)31(30-16)21-9-5-17(26)6-10-21/h2-12,15H,13-14H2,1H3,(H,29,32). The van der Waals surface area contributed by atoms with E-state index in [1.54, 1.807) is 25.1 Å². The fraction of sp³-hybridized carbons (Fsp3) is 0.120. The number of hydrogen-bond acceptors (Lipinski definition) is 3. The highest BCUT2D eigenvalue weighted by atomic mass is 19.1. The van der Waals surface area contributed by atoms with Crippen LogP contribution in [0, 0.1) is 24.4 Å². The maximum Gasteiger partial charge on any atom is 0.226 e. The number of hydrogen-bond donors (Lipinski definition) is 1. The van der Waals surface area contributed by atoms with Gasteiger partial charge in [-0.3, -0.25) is 4.79 Å². The van der Waals surface area contributed by atoms with Gasteiger partial charge in [-0.15, -0.1) is 0 Å². The molecule has 0 fully saturated rings. The molecule has 8 heteroatoms. The lowest BCUT2D eigenvalue weighted by Gasteiger charge is -2.12. The molecule has 0 bridgehead atoms. The molecule has 0 spiro atoms. The van der Waals surface area contributed by atoms with Crippen molar-refractivity contribution in [3.63, 3.8) is 0 Å². The van der Waals surface area contributed by atoms with E-state index >= 15 is 0 Å². The number of aromatic nitrogens is 2. The fourth-order valence-corrected chi connectivity index (χ4v) is 3.33. The Kier molecular flexibility index (Phi) is 6.44. The first kappa shape index (κ1) is 22.1. The average Bonchev–Trinajstić information content (AvgIpc) is 3.09. The molecule has 0 unspecified atom stereocenters. The second-order valence-corrected chi connectivity index (χ2v) is 7.37. The van der Waals surface area contributed by atoms with Gasteiger partial charge in [-0.05, 0) is 80.1 Å². The van der Waals surface area contributed by atoms with Crippen LogP contribution in [0.2, 0.25) is 0 Å². The van der Waals surface area contributed by atoms with Crippen LogP contribution in [0.4, 0.5) is 18.9 Å². The van der Waals surface area contributed by atoms with Gasteiger partial charge in [0.15, 0.2) is 0 Å². The number of ether oxygens (including phenoxy) is 1. The maximum absolute atomic E-state index is 13.4. The first-order valence-electron chi connectivity index (χ1n) is 10.2. The lowest BCUT2D eigenvalue weighted by atomic mass is 10.1. The third-order valence-corrected chi connectivity index (χ3v) is 4.95. The largest absolute Gasteiger partial charge is 0.439 e. The van der Waals surface area contributed by atoms with Gasteiger partial charge in [0, 0.05) is 17.7 Å². The summed E-state index contributed by atoms with van der Waals surface area (Å²) in [5.74, 6) is -0.825. The molecule has 3 aromatic carbocycles. The molecule has 0 saturated carbocycles. The monoisotopic (exact) mass is 451 g/mol. The Balaban J connectivity index is 1.61. The number of anilines is 1. The number of carbonyl (C=O) groups excluding carboxylic acids is 1. The molecule has 1 aromatic heterocycles. The molecule has 0 radical (unpaired) electrons. The number of rotatable bonds is 7. The molecule has 0 aliphatic rings. The second kappa shape index (κ2) is 9.60. The average molecular weight is 451 g/mol. The van der Waals surface area contributed by atoms with Crippen LogP contribution in [0.15, 0.2) is 72.8 Å². The molecular formula is C25H20F3N3O2.